The number of guanidine groups is 1. The molecular weight excluding hydrogens is 497 g/mol. The maximum atomic E-state index is 5.56. The van der Waals surface area contributed by atoms with E-state index in [0.717, 1.165) is 58.4 Å². The van der Waals surface area contributed by atoms with Crippen LogP contribution in [0, 0.1) is 6.92 Å². The Labute approximate surface area is 197 Å². The van der Waals surface area contributed by atoms with Gasteiger partial charge in [0.25, 0.3) is 0 Å². The zero-order valence-electron chi connectivity index (χ0n) is 18.0. The van der Waals surface area contributed by atoms with Crippen LogP contribution >= 0.6 is 35.3 Å². The fourth-order valence-corrected chi connectivity index (χ4v) is 4.95. The molecule has 1 aromatic rings. The zero-order chi connectivity index (χ0) is 19.6. The van der Waals surface area contributed by atoms with Gasteiger partial charge in [-0.05, 0) is 51.9 Å². The molecule has 0 radical (unpaired) electrons. The van der Waals surface area contributed by atoms with Crippen molar-refractivity contribution in [1.82, 2.24) is 20.4 Å². The summed E-state index contributed by atoms with van der Waals surface area (Å²) in [6.45, 7) is 14.1. The molecule has 0 spiro atoms. The molecule has 0 aliphatic carbocycles. The SMILES string of the molecule is CCNC(=NCC(c1ccc(C)s1)N1CCOCC1)NCCN1CCCCC1.I. The van der Waals surface area contributed by atoms with Gasteiger partial charge in [-0.3, -0.25) is 9.89 Å². The molecule has 1 atom stereocenters. The van der Waals surface area contributed by atoms with Gasteiger partial charge in [0, 0.05) is 42.5 Å². The summed E-state index contributed by atoms with van der Waals surface area (Å²) in [4.78, 5) is 12.8. The molecule has 3 rings (SSSR count). The van der Waals surface area contributed by atoms with Gasteiger partial charge in [0.05, 0.1) is 25.8 Å². The number of piperidine rings is 1. The lowest BCUT2D eigenvalue weighted by atomic mass is 10.1. The van der Waals surface area contributed by atoms with Crippen LogP contribution in [0.4, 0.5) is 0 Å². The Balaban J connectivity index is 0.00000300. The molecule has 2 aliphatic rings. The van der Waals surface area contributed by atoms with Crippen LogP contribution in [-0.2, 0) is 4.74 Å². The highest BCUT2D eigenvalue weighted by atomic mass is 127. The van der Waals surface area contributed by atoms with E-state index in [2.05, 4.69) is 46.4 Å². The molecule has 0 saturated carbocycles. The Morgan fingerprint density at radius 3 is 2.55 bits per heavy atom. The Hall–Kier alpha value is -0.420. The van der Waals surface area contributed by atoms with Crippen molar-refractivity contribution in [2.24, 2.45) is 4.99 Å². The molecule has 2 fully saturated rings. The van der Waals surface area contributed by atoms with Gasteiger partial charge in [-0.2, -0.15) is 0 Å². The fourth-order valence-electron chi connectivity index (χ4n) is 3.94. The number of halogens is 1. The third kappa shape index (κ3) is 8.32. The van der Waals surface area contributed by atoms with Crippen LogP contribution in [0.25, 0.3) is 0 Å². The minimum absolute atomic E-state index is 0. The quantitative estimate of drug-likeness (QED) is 0.305. The summed E-state index contributed by atoms with van der Waals surface area (Å²) in [5.74, 6) is 0.936. The van der Waals surface area contributed by atoms with E-state index in [1.54, 1.807) is 0 Å². The van der Waals surface area contributed by atoms with Crippen molar-refractivity contribution in [2.75, 3.05) is 65.6 Å². The topological polar surface area (TPSA) is 52.1 Å². The van der Waals surface area contributed by atoms with Crippen molar-refractivity contribution in [3.05, 3.63) is 21.9 Å². The third-order valence-electron chi connectivity index (χ3n) is 5.51. The van der Waals surface area contributed by atoms with E-state index in [4.69, 9.17) is 9.73 Å². The molecule has 0 bridgehead atoms. The number of aryl methyl sites for hydroxylation is 1. The first-order valence-corrected chi connectivity index (χ1v) is 11.7. The molecule has 1 aromatic heterocycles. The highest BCUT2D eigenvalue weighted by molar-refractivity contribution is 14.0. The van der Waals surface area contributed by atoms with Crippen molar-refractivity contribution in [2.45, 2.75) is 39.2 Å². The Morgan fingerprint density at radius 2 is 1.90 bits per heavy atom. The average Bonchev–Trinajstić information content (AvgIpc) is 3.16. The van der Waals surface area contributed by atoms with E-state index in [1.807, 2.05) is 11.3 Å². The summed E-state index contributed by atoms with van der Waals surface area (Å²) in [5, 5.41) is 6.96. The summed E-state index contributed by atoms with van der Waals surface area (Å²) in [6.07, 6.45) is 4.07. The van der Waals surface area contributed by atoms with E-state index in [1.165, 1.54) is 42.1 Å². The summed E-state index contributed by atoms with van der Waals surface area (Å²) >= 11 is 1.89. The summed E-state index contributed by atoms with van der Waals surface area (Å²) in [7, 11) is 0. The second-order valence-electron chi connectivity index (χ2n) is 7.66. The maximum Gasteiger partial charge on any atom is 0.191 e. The van der Waals surface area contributed by atoms with Crippen LogP contribution in [0.3, 0.4) is 0 Å². The maximum absolute atomic E-state index is 5.56. The summed E-state index contributed by atoms with van der Waals surface area (Å²) in [6, 6.07) is 4.83. The lowest BCUT2D eigenvalue weighted by molar-refractivity contribution is 0.0186. The molecule has 0 aromatic carbocycles. The van der Waals surface area contributed by atoms with Crippen molar-refractivity contribution in [3.63, 3.8) is 0 Å². The van der Waals surface area contributed by atoms with Crippen molar-refractivity contribution < 1.29 is 4.74 Å². The van der Waals surface area contributed by atoms with Gasteiger partial charge in [0.15, 0.2) is 5.96 Å². The molecule has 2 saturated heterocycles. The summed E-state index contributed by atoms with van der Waals surface area (Å²) in [5.41, 5.74) is 0. The number of morpholine rings is 1. The number of thiophene rings is 1. The van der Waals surface area contributed by atoms with E-state index in [-0.39, 0.29) is 24.0 Å². The number of ether oxygens (including phenoxy) is 1. The predicted molar refractivity (Wildman–Crippen MR) is 134 cm³/mol. The molecule has 8 heteroatoms. The van der Waals surface area contributed by atoms with Crippen LogP contribution < -0.4 is 10.6 Å². The molecular formula is C21H38IN5OS. The van der Waals surface area contributed by atoms with E-state index >= 15 is 0 Å². The number of aliphatic imine (C=N–C) groups is 1. The highest BCUT2D eigenvalue weighted by Gasteiger charge is 2.23. The van der Waals surface area contributed by atoms with E-state index in [0.29, 0.717) is 6.04 Å². The zero-order valence-corrected chi connectivity index (χ0v) is 21.1. The van der Waals surface area contributed by atoms with Crippen LogP contribution in [0.15, 0.2) is 17.1 Å². The van der Waals surface area contributed by atoms with Crippen LogP contribution in [0.2, 0.25) is 0 Å². The van der Waals surface area contributed by atoms with Crippen LogP contribution in [-0.4, -0.2) is 81.3 Å². The third-order valence-corrected chi connectivity index (χ3v) is 6.61. The van der Waals surface area contributed by atoms with E-state index < -0.39 is 0 Å². The first-order valence-electron chi connectivity index (χ1n) is 10.9. The van der Waals surface area contributed by atoms with Gasteiger partial charge < -0.3 is 20.3 Å². The largest absolute Gasteiger partial charge is 0.379 e. The number of hydrogen-bond acceptors (Lipinski definition) is 5. The smallest absolute Gasteiger partial charge is 0.191 e. The Kier molecular flexibility index (Phi) is 11.8. The fraction of sp³-hybridized carbons (Fsp3) is 0.762. The lowest BCUT2D eigenvalue weighted by Crippen LogP contribution is -2.44. The molecule has 166 valence electrons. The predicted octanol–water partition coefficient (Wildman–Crippen LogP) is 3.09. The second-order valence-corrected chi connectivity index (χ2v) is 8.98. The molecule has 3 heterocycles. The monoisotopic (exact) mass is 535 g/mol. The molecule has 0 amide bonds. The Morgan fingerprint density at radius 1 is 1.14 bits per heavy atom. The minimum atomic E-state index is 0. The van der Waals surface area contributed by atoms with Crippen molar-refractivity contribution >= 4 is 41.3 Å². The molecule has 6 nitrogen and oxygen atoms in total. The second kappa shape index (κ2) is 13.8. The number of likely N-dealkylation sites (tertiary alicyclic amines) is 1. The van der Waals surface area contributed by atoms with Crippen LogP contribution in [0.5, 0.6) is 0 Å². The number of nitrogens with one attached hydrogen (secondary N) is 2. The summed E-state index contributed by atoms with van der Waals surface area (Å²) < 4.78 is 5.56. The number of nitrogens with zero attached hydrogens (tertiary/aromatic N) is 3. The number of rotatable bonds is 8. The van der Waals surface area contributed by atoms with Crippen LogP contribution in [0.1, 0.15) is 42.0 Å². The van der Waals surface area contributed by atoms with Crippen molar-refractivity contribution in [1.29, 1.82) is 0 Å². The van der Waals surface area contributed by atoms with E-state index in [9.17, 15) is 0 Å². The molecule has 1 unspecified atom stereocenters. The van der Waals surface area contributed by atoms with Gasteiger partial charge in [-0.25, -0.2) is 0 Å². The first-order chi connectivity index (χ1) is 13.8. The Bertz CT molecular complexity index is 600. The van der Waals surface area contributed by atoms with Gasteiger partial charge in [0.1, 0.15) is 0 Å². The number of hydrogen-bond donors (Lipinski definition) is 2. The van der Waals surface area contributed by atoms with Gasteiger partial charge in [0.2, 0.25) is 0 Å². The first kappa shape index (κ1) is 24.8. The van der Waals surface area contributed by atoms with Gasteiger partial charge in [-0.1, -0.05) is 6.42 Å². The molecule has 29 heavy (non-hydrogen) atoms. The minimum Gasteiger partial charge on any atom is -0.379 e. The molecule has 2 aliphatic heterocycles. The average molecular weight is 536 g/mol. The normalized spacial score (nSPS) is 20.1. The molecule has 2 N–H and O–H groups in total. The van der Waals surface area contributed by atoms with Gasteiger partial charge in [-0.15, -0.1) is 35.3 Å². The highest BCUT2D eigenvalue weighted by Crippen LogP contribution is 2.28. The van der Waals surface area contributed by atoms with Crippen molar-refractivity contribution in [3.8, 4) is 0 Å². The lowest BCUT2D eigenvalue weighted by Gasteiger charge is -2.33. The van der Waals surface area contributed by atoms with Gasteiger partial charge >= 0.3 is 0 Å². The standard InChI is InChI=1S/C21H37N5OS.HI/c1-3-22-21(23-9-12-25-10-5-4-6-11-25)24-17-19(20-8-7-18(2)28-20)26-13-15-27-16-14-26;/h7-8,19H,3-6,9-17H2,1-2H3,(H2,22,23,24);1H.